The molecule has 4 aliphatic carbocycles. The summed E-state index contributed by atoms with van der Waals surface area (Å²) in [5.41, 5.74) is -2.12. The Morgan fingerprint density at radius 3 is 2.32 bits per heavy atom. The van der Waals surface area contributed by atoms with Crippen LogP contribution in [0.2, 0.25) is 0 Å². The van der Waals surface area contributed by atoms with E-state index in [2.05, 4.69) is 6.92 Å². The van der Waals surface area contributed by atoms with E-state index < -0.39 is 28.8 Å². The number of esters is 1. The molecular formula is C25H40O6. The van der Waals surface area contributed by atoms with Gasteiger partial charge in [0.2, 0.25) is 0 Å². The summed E-state index contributed by atoms with van der Waals surface area (Å²) in [5, 5.41) is 45.2. The van der Waals surface area contributed by atoms with Gasteiger partial charge in [0.05, 0.1) is 23.4 Å². The molecule has 0 aromatic carbocycles. The highest BCUT2D eigenvalue weighted by Gasteiger charge is 2.72. The van der Waals surface area contributed by atoms with Crippen molar-refractivity contribution in [2.45, 2.75) is 102 Å². The molecule has 6 nitrogen and oxygen atoms in total. The van der Waals surface area contributed by atoms with Gasteiger partial charge in [0.1, 0.15) is 6.61 Å². The predicted molar refractivity (Wildman–Crippen MR) is 116 cm³/mol. The molecule has 6 heteroatoms. The molecule has 0 radical (unpaired) electrons. The number of aliphatic hydroxyl groups is 4. The van der Waals surface area contributed by atoms with Crippen molar-refractivity contribution in [3.63, 3.8) is 0 Å². The molecule has 4 saturated carbocycles. The van der Waals surface area contributed by atoms with Crippen LogP contribution in [-0.4, -0.2) is 56.4 Å². The van der Waals surface area contributed by atoms with Gasteiger partial charge in [0.15, 0.2) is 0 Å². The SMILES string of the molecule is CC.C[C@]12CCC3C(CC[C@]4(C)[C@@H](C5=CC(=O)OC5)CC[C@]34O)[C@@]1(O)[C@H](O)C[C@H](O)C2. The Kier molecular flexibility index (Phi) is 5.65. The first-order valence-electron chi connectivity index (χ1n) is 12.2. The van der Waals surface area contributed by atoms with Gasteiger partial charge in [0, 0.05) is 23.3 Å². The second-order valence-corrected chi connectivity index (χ2v) is 11.0. The van der Waals surface area contributed by atoms with Crippen molar-refractivity contribution in [3.8, 4) is 0 Å². The van der Waals surface area contributed by atoms with Crippen molar-refractivity contribution < 1.29 is 30.0 Å². The third-order valence-corrected chi connectivity index (χ3v) is 10.0. The maximum Gasteiger partial charge on any atom is 0.331 e. The van der Waals surface area contributed by atoms with Crippen LogP contribution < -0.4 is 0 Å². The molecule has 5 aliphatic rings. The molecule has 4 N–H and O–H groups in total. The van der Waals surface area contributed by atoms with Crippen LogP contribution in [0.25, 0.3) is 0 Å². The van der Waals surface area contributed by atoms with Gasteiger partial charge in [-0.05, 0) is 68.3 Å². The number of aliphatic hydroxyl groups excluding tert-OH is 2. The molecule has 1 heterocycles. The fourth-order valence-corrected chi connectivity index (χ4v) is 8.49. The van der Waals surface area contributed by atoms with E-state index in [1.165, 1.54) is 0 Å². The number of rotatable bonds is 1. The topological polar surface area (TPSA) is 107 Å². The Morgan fingerprint density at radius 2 is 1.68 bits per heavy atom. The lowest BCUT2D eigenvalue weighted by Crippen LogP contribution is -2.72. The fourth-order valence-electron chi connectivity index (χ4n) is 8.49. The van der Waals surface area contributed by atoms with E-state index in [4.69, 9.17) is 4.74 Å². The molecule has 0 spiro atoms. The summed E-state index contributed by atoms with van der Waals surface area (Å²) in [6.45, 7) is 8.46. The second kappa shape index (κ2) is 7.54. The van der Waals surface area contributed by atoms with Gasteiger partial charge in [-0.1, -0.05) is 27.7 Å². The average molecular weight is 437 g/mol. The predicted octanol–water partition coefficient (Wildman–Crippen LogP) is 2.72. The van der Waals surface area contributed by atoms with E-state index in [1.54, 1.807) is 6.08 Å². The Labute approximate surface area is 185 Å². The van der Waals surface area contributed by atoms with Gasteiger partial charge in [-0.25, -0.2) is 4.79 Å². The first kappa shape index (κ1) is 23.2. The second-order valence-electron chi connectivity index (χ2n) is 11.0. The zero-order valence-electron chi connectivity index (χ0n) is 19.4. The van der Waals surface area contributed by atoms with Crippen LogP contribution in [0.3, 0.4) is 0 Å². The lowest BCUT2D eigenvalue weighted by Gasteiger charge is -2.66. The lowest BCUT2D eigenvalue weighted by molar-refractivity contribution is -0.293. The van der Waals surface area contributed by atoms with Crippen molar-refractivity contribution in [2.24, 2.45) is 28.6 Å². The normalized spacial score (nSPS) is 53.4. The van der Waals surface area contributed by atoms with Gasteiger partial charge in [-0.3, -0.25) is 0 Å². The molecule has 5 rings (SSSR count). The van der Waals surface area contributed by atoms with E-state index in [9.17, 15) is 25.2 Å². The largest absolute Gasteiger partial charge is 0.458 e. The van der Waals surface area contributed by atoms with E-state index >= 15 is 0 Å². The standard InChI is InChI=1S/C23H34O6.C2H6/c1-20-6-3-16-17(23(20,28)18(25)10-14(24)11-20)4-7-21(2)15(5-8-22(16,21)27)13-9-19(26)29-12-13;1-2/h9,14-18,24-25,27-28H,3-8,10-12H2,1-2H3;1-2H3/t14-,15+,16?,17?,18+,20+,21+,22-,23+;/m0./s1. The first-order valence-corrected chi connectivity index (χ1v) is 12.2. The Morgan fingerprint density at radius 1 is 1.00 bits per heavy atom. The minimum Gasteiger partial charge on any atom is -0.458 e. The van der Waals surface area contributed by atoms with Crippen molar-refractivity contribution in [1.29, 1.82) is 0 Å². The summed E-state index contributed by atoms with van der Waals surface area (Å²) in [4.78, 5) is 11.6. The van der Waals surface area contributed by atoms with Crippen molar-refractivity contribution >= 4 is 5.97 Å². The maximum atomic E-state index is 12.1. The number of hydrogen-bond acceptors (Lipinski definition) is 6. The van der Waals surface area contributed by atoms with Crippen LogP contribution in [0.5, 0.6) is 0 Å². The quantitative estimate of drug-likeness (QED) is 0.471. The van der Waals surface area contributed by atoms with Gasteiger partial charge < -0.3 is 25.2 Å². The Bertz CT molecular complexity index is 765. The van der Waals surface area contributed by atoms with Gasteiger partial charge in [-0.2, -0.15) is 0 Å². The van der Waals surface area contributed by atoms with Crippen LogP contribution in [-0.2, 0) is 9.53 Å². The molecular weight excluding hydrogens is 396 g/mol. The maximum absolute atomic E-state index is 12.1. The molecule has 0 aromatic heterocycles. The Balaban J connectivity index is 0.00000112. The van der Waals surface area contributed by atoms with E-state index in [1.807, 2.05) is 20.8 Å². The fraction of sp³-hybridized carbons (Fsp3) is 0.880. The zero-order valence-corrected chi connectivity index (χ0v) is 19.4. The summed E-state index contributed by atoms with van der Waals surface area (Å²) in [7, 11) is 0. The molecule has 4 fully saturated rings. The van der Waals surface area contributed by atoms with E-state index in [0.717, 1.165) is 31.3 Å². The number of hydrogen-bond donors (Lipinski definition) is 4. The van der Waals surface area contributed by atoms with Gasteiger partial charge in [-0.15, -0.1) is 0 Å². The van der Waals surface area contributed by atoms with Crippen LogP contribution >= 0.6 is 0 Å². The third kappa shape index (κ3) is 2.94. The Hall–Kier alpha value is -0.950. The van der Waals surface area contributed by atoms with E-state index in [0.29, 0.717) is 25.9 Å². The molecule has 31 heavy (non-hydrogen) atoms. The van der Waals surface area contributed by atoms with Crippen molar-refractivity contribution in [3.05, 3.63) is 11.6 Å². The van der Waals surface area contributed by atoms with Crippen LogP contribution in [0.4, 0.5) is 0 Å². The summed E-state index contributed by atoms with van der Waals surface area (Å²) in [6.07, 6.45) is 5.14. The van der Waals surface area contributed by atoms with Gasteiger partial charge in [0.25, 0.3) is 0 Å². The molecule has 0 amide bonds. The lowest BCUT2D eigenvalue weighted by atomic mass is 9.42. The number of ether oxygens (including phenoxy) is 1. The highest BCUT2D eigenvalue weighted by atomic mass is 16.5. The molecule has 176 valence electrons. The minimum atomic E-state index is -1.28. The van der Waals surface area contributed by atoms with Crippen LogP contribution in [0, 0.1) is 28.6 Å². The third-order valence-electron chi connectivity index (χ3n) is 10.0. The summed E-state index contributed by atoms with van der Waals surface area (Å²) >= 11 is 0. The number of carbonyl (C=O) groups excluding carboxylic acids is 1. The van der Waals surface area contributed by atoms with Crippen molar-refractivity contribution in [1.82, 2.24) is 0 Å². The number of fused-ring (bicyclic) bond motifs is 5. The molecule has 0 aromatic rings. The first-order chi connectivity index (χ1) is 14.6. The van der Waals surface area contributed by atoms with E-state index in [-0.39, 0.29) is 35.6 Å². The molecule has 0 bridgehead atoms. The van der Waals surface area contributed by atoms with Crippen LogP contribution in [0.15, 0.2) is 11.6 Å². The highest BCUT2D eigenvalue weighted by molar-refractivity contribution is 5.85. The molecule has 9 atom stereocenters. The molecule has 0 saturated heterocycles. The highest BCUT2D eigenvalue weighted by Crippen LogP contribution is 2.70. The molecule has 2 unspecified atom stereocenters. The average Bonchev–Trinajstić information content (AvgIpc) is 3.25. The monoisotopic (exact) mass is 436 g/mol. The van der Waals surface area contributed by atoms with Gasteiger partial charge >= 0.3 is 5.97 Å². The minimum absolute atomic E-state index is 0.0900. The zero-order chi connectivity index (χ0) is 22.8. The summed E-state index contributed by atoms with van der Waals surface area (Å²) < 4.78 is 5.16. The summed E-state index contributed by atoms with van der Waals surface area (Å²) in [6, 6.07) is 0. The van der Waals surface area contributed by atoms with Crippen LogP contribution in [0.1, 0.15) is 79.1 Å². The molecule has 1 aliphatic heterocycles. The summed E-state index contributed by atoms with van der Waals surface area (Å²) in [5.74, 6) is -0.454. The van der Waals surface area contributed by atoms with Crippen molar-refractivity contribution in [2.75, 3.05) is 6.61 Å². The number of cyclic esters (lactones) is 1. The number of carbonyl (C=O) groups is 1. The smallest absolute Gasteiger partial charge is 0.331 e.